The van der Waals surface area contributed by atoms with E-state index >= 15 is 0 Å². The van der Waals surface area contributed by atoms with Crippen molar-refractivity contribution in [1.82, 2.24) is 14.9 Å². The summed E-state index contributed by atoms with van der Waals surface area (Å²) in [6.07, 6.45) is 3.35. The van der Waals surface area contributed by atoms with Crippen LogP contribution in [0.1, 0.15) is 36.0 Å². The van der Waals surface area contributed by atoms with Gasteiger partial charge in [0.1, 0.15) is 5.82 Å². The Bertz CT molecular complexity index is 691. The lowest BCUT2D eigenvalue weighted by Crippen LogP contribution is -2.24. The molecule has 0 spiro atoms. The van der Waals surface area contributed by atoms with Crippen molar-refractivity contribution in [2.45, 2.75) is 31.7 Å². The van der Waals surface area contributed by atoms with E-state index in [-0.39, 0.29) is 11.6 Å². The number of ether oxygens (including phenoxy) is 1. The van der Waals surface area contributed by atoms with Crippen LogP contribution in [0.5, 0.6) is 5.75 Å². The van der Waals surface area contributed by atoms with E-state index in [1.807, 2.05) is 6.07 Å². The monoisotopic (exact) mass is 287 g/mol. The van der Waals surface area contributed by atoms with Crippen molar-refractivity contribution in [3.63, 3.8) is 0 Å². The number of nitrogens with zero attached hydrogens (tertiary/aromatic N) is 2. The highest BCUT2D eigenvalue weighted by Crippen LogP contribution is 2.42. The van der Waals surface area contributed by atoms with Gasteiger partial charge in [0.25, 0.3) is 0 Å². The van der Waals surface area contributed by atoms with Crippen molar-refractivity contribution in [2.24, 2.45) is 0 Å². The number of aromatic nitrogens is 2. The number of methoxy groups -OCH3 is 1. The van der Waals surface area contributed by atoms with Gasteiger partial charge in [-0.1, -0.05) is 0 Å². The standard InChI is InChI=1S/C16H18FN3O/c1-21-15-8-11(4-5-12(15)17)20-14-6-7-18-9-13(14)19-16(20)10-2-3-10/h4-5,8,10,18H,2-3,6-7,9H2,1H3. The molecule has 1 aliphatic heterocycles. The SMILES string of the molecule is COc1cc(-n2c(C3CC3)nc3c2CCNC3)ccc1F. The smallest absolute Gasteiger partial charge is 0.165 e. The van der Waals surface area contributed by atoms with Gasteiger partial charge in [0.05, 0.1) is 18.5 Å². The summed E-state index contributed by atoms with van der Waals surface area (Å²) in [6, 6.07) is 5.05. The molecule has 110 valence electrons. The van der Waals surface area contributed by atoms with E-state index in [1.54, 1.807) is 6.07 Å². The quantitative estimate of drug-likeness (QED) is 0.943. The molecule has 0 bridgehead atoms. The second-order valence-corrected chi connectivity index (χ2v) is 5.72. The lowest BCUT2D eigenvalue weighted by Gasteiger charge is -2.17. The van der Waals surface area contributed by atoms with Gasteiger partial charge < -0.3 is 10.1 Å². The van der Waals surface area contributed by atoms with Gasteiger partial charge in [0.2, 0.25) is 0 Å². The lowest BCUT2D eigenvalue weighted by molar-refractivity contribution is 0.386. The third-order valence-electron chi connectivity index (χ3n) is 4.25. The number of rotatable bonds is 3. The molecule has 2 aliphatic rings. The normalized spacial score (nSPS) is 17.6. The zero-order chi connectivity index (χ0) is 14.4. The number of fused-ring (bicyclic) bond motifs is 1. The summed E-state index contributed by atoms with van der Waals surface area (Å²) in [5.41, 5.74) is 3.33. The van der Waals surface area contributed by atoms with Crippen LogP contribution in [0.15, 0.2) is 18.2 Å². The predicted molar refractivity (Wildman–Crippen MR) is 77.5 cm³/mol. The largest absolute Gasteiger partial charge is 0.494 e. The topological polar surface area (TPSA) is 39.1 Å². The summed E-state index contributed by atoms with van der Waals surface area (Å²) in [5.74, 6) is 1.62. The van der Waals surface area contributed by atoms with Crippen LogP contribution >= 0.6 is 0 Å². The highest BCUT2D eigenvalue weighted by atomic mass is 19.1. The summed E-state index contributed by atoms with van der Waals surface area (Å²) in [5, 5.41) is 3.36. The molecular formula is C16H18FN3O. The molecule has 2 heterocycles. The van der Waals surface area contributed by atoms with Crippen LogP contribution in [0.4, 0.5) is 4.39 Å². The Morgan fingerprint density at radius 2 is 2.24 bits per heavy atom. The summed E-state index contributed by atoms with van der Waals surface area (Å²) in [7, 11) is 1.50. The van der Waals surface area contributed by atoms with Crippen LogP contribution in [-0.2, 0) is 13.0 Å². The first-order valence-electron chi connectivity index (χ1n) is 7.43. The molecule has 0 radical (unpaired) electrons. The molecule has 4 rings (SSSR count). The minimum Gasteiger partial charge on any atom is -0.494 e. The number of imidazole rings is 1. The first-order valence-corrected chi connectivity index (χ1v) is 7.43. The van der Waals surface area contributed by atoms with Crippen molar-refractivity contribution >= 4 is 0 Å². The van der Waals surface area contributed by atoms with Crippen LogP contribution in [0.25, 0.3) is 5.69 Å². The minimum absolute atomic E-state index is 0.283. The maximum Gasteiger partial charge on any atom is 0.165 e. The molecule has 0 unspecified atom stereocenters. The highest BCUT2D eigenvalue weighted by Gasteiger charge is 2.32. The van der Waals surface area contributed by atoms with Crippen molar-refractivity contribution < 1.29 is 9.13 Å². The maximum atomic E-state index is 13.7. The van der Waals surface area contributed by atoms with E-state index in [9.17, 15) is 4.39 Å². The third kappa shape index (κ3) is 2.12. The van der Waals surface area contributed by atoms with Crippen LogP contribution in [-0.4, -0.2) is 23.2 Å². The molecule has 1 aromatic heterocycles. The fourth-order valence-corrected chi connectivity index (χ4v) is 3.02. The number of benzene rings is 1. The zero-order valence-corrected chi connectivity index (χ0v) is 12.0. The van der Waals surface area contributed by atoms with E-state index in [1.165, 1.54) is 31.7 Å². The lowest BCUT2D eigenvalue weighted by atomic mass is 10.1. The van der Waals surface area contributed by atoms with E-state index in [0.29, 0.717) is 5.92 Å². The summed E-state index contributed by atoms with van der Waals surface area (Å²) in [4.78, 5) is 4.83. The summed E-state index contributed by atoms with van der Waals surface area (Å²) in [6.45, 7) is 1.78. The fraction of sp³-hybridized carbons (Fsp3) is 0.438. The Morgan fingerprint density at radius 1 is 1.38 bits per heavy atom. The minimum atomic E-state index is -0.329. The number of hydrogen-bond donors (Lipinski definition) is 1. The summed E-state index contributed by atoms with van der Waals surface area (Å²) >= 11 is 0. The Balaban J connectivity index is 1.88. The molecule has 2 aromatic rings. The van der Waals surface area contributed by atoms with Crippen molar-refractivity contribution in [1.29, 1.82) is 0 Å². The molecular weight excluding hydrogens is 269 g/mol. The number of halogens is 1. The van der Waals surface area contributed by atoms with Gasteiger partial charge in [0.15, 0.2) is 11.6 Å². The van der Waals surface area contributed by atoms with E-state index in [2.05, 4.69) is 9.88 Å². The molecule has 1 aromatic carbocycles. The molecule has 0 amide bonds. The Hall–Kier alpha value is -1.88. The van der Waals surface area contributed by atoms with Gasteiger partial charge in [-0.2, -0.15) is 0 Å². The average Bonchev–Trinajstić information content (AvgIpc) is 3.28. The first kappa shape index (κ1) is 12.8. The van der Waals surface area contributed by atoms with Crippen LogP contribution in [0.2, 0.25) is 0 Å². The second-order valence-electron chi connectivity index (χ2n) is 5.72. The third-order valence-corrected chi connectivity index (χ3v) is 4.25. The first-order chi connectivity index (χ1) is 10.3. The van der Waals surface area contributed by atoms with Crippen molar-refractivity contribution in [3.05, 3.63) is 41.2 Å². The fourth-order valence-electron chi connectivity index (χ4n) is 3.02. The molecule has 1 N–H and O–H groups in total. The van der Waals surface area contributed by atoms with Gasteiger partial charge in [-0.3, -0.25) is 4.57 Å². The predicted octanol–water partition coefficient (Wildman–Crippen LogP) is 2.54. The molecule has 21 heavy (non-hydrogen) atoms. The second kappa shape index (κ2) is 4.84. The average molecular weight is 287 g/mol. The molecule has 5 heteroatoms. The molecule has 1 fully saturated rings. The van der Waals surface area contributed by atoms with Gasteiger partial charge in [0, 0.05) is 37.2 Å². The van der Waals surface area contributed by atoms with E-state index < -0.39 is 0 Å². The molecule has 4 nitrogen and oxygen atoms in total. The highest BCUT2D eigenvalue weighted by molar-refractivity contribution is 5.45. The molecule has 0 saturated heterocycles. The zero-order valence-electron chi connectivity index (χ0n) is 12.0. The molecule has 0 atom stereocenters. The maximum absolute atomic E-state index is 13.7. The summed E-state index contributed by atoms with van der Waals surface area (Å²) < 4.78 is 21.0. The Kier molecular flexibility index (Phi) is 2.96. The van der Waals surface area contributed by atoms with Gasteiger partial charge in [-0.25, -0.2) is 9.37 Å². The van der Waals surface area contributed by atoms with E-state index in [0.717, 1.165) is 36.7 Å². The number of hydrogen-bond acceptors (Lipinski definition) is 3. The molecule has 1 saturated carbocycles. The van der Waals surface area contributed by atoms with Crippen molar-refractivity contribution in [3.8, 4) is 11.4 Å². The van der Waals surface area contributed by atoms with Gasteiger partial charge in [-0.15, -0.1) is 0 Å². The van der Waals surface area contributed by atoms with Gasteiger partial charge >= 0.3 is 0 Å². The van der Waals surface area contributed by atoms with Gasteiger partial charge in [-0.05, 0) is 25.0 Å². The van der Waals surface area contributed by atoms with E-state index in [4.69, 9.17) is 9.72 Å². The number of nitrogens with one attached hydrogen (secondary N) is 1. The molecule has 1 aliphatic carbocycles. The van der Waals surface area contributed by atoms with Crippen molar-refractivity contribution in [2.75, 3.05) is 13.7 Å². The Labute approximate surface area is 122 Å². The van der Waals surface area contributed by atoms with Crippen LogP contribution < -0.4 is 10.1 Å². The van der Waals surface area contributed by atoms with Crippen LogP contribution in [0, 0.1) is 5.82 Å². The van der Waals surface area contributed by atoms with Crippen LogP contribution in [0.3, 0.4) is 0 Å². The Morgan fingerprint density at radius 3 is 3.00 bits per heavy atom.